The average molecular weight is 217 g/mol. The highest BCUT2D eigenvalue weighted by Crippen LogP contribution is 2.10. The molecule has 2 rings (SSSR count). The molecule has 0 saturated heterocycles. The Balaban J connectivity index is 1.81. The quantitative estimate of drug-likeness (QED) is 0.823. The highest BCUT2D eigenvalue weighted by molar-refractivity contribution is 7.07. The van der Waals surface area contributed by atoms with Crippen molar-refractivity contribution in [3.05, 3.63) is 52.2 Å². The van der Waals surface area contributed by atoms with E-state index in [4.69, 9.17) is 0 Å². The van der Waals surface area contributed by atoms with Crippen molar-refractivity contribution in [2.45, 2.75) is 13.3 Å². The molecule has 0 fully saturated rings. The molecule has 1 heterocycles. The maximum Gasteiger partial charge on any atom is 0.0340 e. The summed E-state index contributed by atoms with van der Waals surface area (Å²) in [6.07, 6.45) is 1.09. The van der Waals surface area contributed by atoms with Crippen LogP contribution in [-0.2, 0) is 6.42 Å². The van der Waals surface area contributed by atoms with Crippen LogP contribution in [0.4, 0.5) is 5.69 Å². The summed E-state index contributed by atoms with van der Waals surface area (Å²) in [6, 6.07) is 10.7. The fourth-order valence-electron chi connectivity index (χ4n) is 1.46. The Kier molecular flexibility index (Phi) is 3.41. The van der Waals surface area contributed by atoms with Crippen LogP contribution >= 0.6 is 11.3 Å². The number of anilines is 1. The molecule has 0 aliphatic heterocycles. The molecule has 0 spiro atoms. The first-order valence-electron chi connectivity index (χ1n) is 5.16. The molecule has 0 aliphatic rings. The van der Waals surface area contributed by atoms with Gasteiger partial charge in [0.05, 0.1) is 0 Å². The number of rotatable bonds is 4. The summed E-state index contributed by atoms with van der Waals surface area (Å²) >= 11 is 1.76. The molecule has 2 heteroatoms. The second kappa shape index (κ2) is 4.99. The molecule has 1 aromatic carbocycles. The minimum absolute atomic E-state index is 1.000. The minimum atomic E-state index is 1.000. The number of hydrogen-bond acceptors (Lipinski definition) is 2. The monoisotopic (exact) mass is 217 g/mol. The normalized spacial score (nSPS) is 10.2. The minimum Gasteiger partial charge on any atom is -0.385 e. The van der Waals surface area contributed by atoms with Crippen molar-refractivity contribution in [2.24, 2.45) is 0 Å². The van der Waals surface area contributed by atoms with Gasteiger partial charge in [0.1, 0.15) is 0 Å². The van der Waals surface area contributed by atoms with E-state index >= 15 is 0 Å². The van der Waals surface area contributed by atoms with Crippen molar-refractivity contribution in [3.8, 4) is 0 Å². The van der Waals surface area contributed by atoms with Crippen molar-refractivity contribution in [1.82, 2.24) is 0 Å². The molecule has 0 bridgehead atoms. The third kappa shape index (κ3) is 3.10. The molecule has 0 unspecified atom stereocenters. The van der Waals surface area contributed by atoms with E-state index in [1.165, 1.54) is 16.8 Å². The average Bonchev–Trinajstić information content (AvgIpc) is 2.74. The summed E-state index contributed by atoms with van der Waals surface area (Å²) in [6.45, 7) is 3.11. The van der Waals surface area contributed by atoms with Gasteiger partial charge in [0.25, 0.3) is 0 Å². The van der Waals surface area contributed by atoms with Gasteiger partial charge in [-0.05, 0) is 47.9 Å². The van der Waals surface area contributed by atoms with Crippen molar-refractivity contribution in [2.75, 3.05) is 11.9 Å². The summed E-state index contributed by atoms with van der Waals surface area (Å²) in [7, 11) is 0. The van der Waals surface area contributed by atoms with E-state index in [2.05, 4.69) is 53.3 Å². The van der Waals surface area contributed by atoms with Crippen LogP contribution in [0.1, 0.15) is 11.1 Å². The zero-order valence-electron chi connectivity index (χ0n) is 8.86. The van der Waals surface area contributed by atoms with Crippen LogP contribution in [0.2, 0.25) is 0 Å². The fraction of sp³-hybridized carbons (Fsp3) is 0.231. The highest BCUT2D eigenvalue weighted by Gasteiger charge is 1.93. The number of benzene rings is 1. The van der Waals surface area contributed by atoms with Gasteiger partial charge in [0.2, 0.25) is 0 Å². The zero-order valence-corrected chi connectivity index (χ0v) is 9.68. The molecule has 15 heavy (non-hydrogen) atoms. The van der Waals surface area contributed by atoms with Crippen molar-refractivity contribution >= 4 is 17.0 Å². The van der Waals surface area contributed by atoms with Crippen LogP contribution in [0.5, 0.6) is 0 Å². The van der Waals surface area contributed by atoms with Gasteiger partial charge in [0.15, 0.2) is 0 Å². The molecule has 1 nitrogen and oxygen atoms in total. The molecule has 2 aromatic rings. The topological polar surface area (TPSA) is 12.0 Å². The van der Waals surface area contributed by atoms with Crippen LogP contribution in [-0.4, -0.2) is 6.54 Å². The molecule has 1 N–H and O–H groups in total. The van der Waals surface area contributed by atoms with E-state index in [1.807, 2.05) is 0 Å². The number of aryl methyl sites for hydroxylation is 1. The third-order valence-electron chi connectivity index (χ3n) is 2.37. The predicted octanol–water partition coefficient (Wildman–Crippen LogP) is 3.71. The van der Waals surface area contributed by atoms with Gasteiger partial charge in [-0.3, -0.25) is 0 Å². The lowest BCUT2D eigenvalue weighted by Crippen LogP contribution is -2.03. The Labute approximate surface area is 94.8 Å². The van der Waals surface area contributed by atoms with E-state index in [9.17, 15) is 0 Å². The van der Waals surface area contributed by atoms with Gasteiger partial charge in [0, 0.05) is 12.2 Å². The molecule has 0 saturated carbocycles. The number of hydrogen-bond donors (Lipinski definition) is 1. The second-order valence-corrected chi connectivity index (χ2v) is 4.45. The van der Waals surface area contributed by atoms with Gasteiger partial charge in [-0.1, -0.05) is 17.7 Å². The second-order valence-electron chi connectivity index (χ2n) is 3.67. The van der Waals surface area contributed by atoms with E-state index in [-0.39, 0.29) is 0 Å². The maximum absolute atomic E-state index is 3.41. The first-order valence-corrected chi connectivity index (χ1v) is 6.10. The van der Waals surface area contributed by atoms with Crippen LogP contribution in [0, 0.1) is 6.92 Å². The number of thiophene rings is 1. The lowest BCUT2D eigenvalue weighted by molar-refractivity contribution is 1.03. The Bertz CT molecular complexity index is 389. The summed E-state index contributed by atoms with van der Waals surface area (Å²) in [4.78, 5) is 0. The smallest absolute Gasteiger partial charge is 0.0340 e. The molecule has 0 amide bonds. The van der Waals surface area contributed by atoms with E-state index in [1.54, 1.807) is 11.3 Å². The predicted molar refractivity (Wildman–Crippen MR) is 67.7 cm³/mol. The Morgan fingerprint density at radius 3 is 2.60 bits per heavy atom. The van der Waals surface area contributed by atoms with Crippen LogP contribution < -0.4 is 5.32 Å². The molecule has 1 aromatic heterocycles. The maximum atomic E-state index is 3.41. The van der Waals surface area contributed by atoms with Gasteiger partial charge in [-0.2, -0.15) is 11.3 Å². The first-order chi connectivity index (χ1) is 7.34. The number of nitrogens with one attached hydrogen (secondary N) is 1. The third-order valence-corrected chi connectivity index (χ3v) is 3.11. The van der Waals surface area contributed by atoms with E-state index in [0.717, 1.165) is 13.0 Å². The molecule has 0 radical (unpaired) electrons. The van der Waals surface area contributed by atoms with Gasteiger partial charge in [-0.25, -0.2) is 0 Å². The largest absolute Gasteiger partial charge is 0.385 e. The molecular weight excluding hydrogens is 202 g/mol. The van der Waals surface area contributed by atoms with Crippen LogP contribution in [0.25, 0.3) is 0 Å². The summed E-state index contributed by atoms with van der Waals surface area (Å²) in [5.74, 6) is 0. The molecular formula is C13H15NS. The Morgan fingerprint density at radius 1 is 1.13 bits per heavy atom. The van der Waals surface area contributed by atoms with Gasteiger partial charge in [-0.15, -0.1) is 0 Å². The molecule has 78 valence electrons. The van der Waals surface area contributed by atoms with Crippen molar-refractivity contribution in [3.63, 3.8) is 0 Å². The lowest BCUT2D eigenvalue weighted by atomic mass is 10.2. The van der Waals surface area contributed by atoms with Gasteiger partial charge < -0.3 is 5.32 Å². The summed E-state index contributed by atoms with van der Waals surface area (Å²) in [5, 5.41) is 7.75. The molecule has 0 aliphatic carbocycles. The van der Waals surface area contributed by atoms with Crippen molar-refractivity contribution < 1.29 is 0 Å². The van der Waals surface area contributed by atoms with E-state index in [0.29, 0.717) is 0 Å². The standard InChI is InChI=1S/C13H15NS/c1-11-2-4-13(5-3-11)14-8-6-12-7-9-15-10-12/h2-5,7,9-10,14H,6,8H2,1H3. The zero-order chi connectivity index (χ0) is 10.5. The van der Waals surface area contributed by atoms with Crippen molar-refractivity contribution in [1.29, 1.82) is 0 Å². The lowest BCUT2D eigenvalue weighted by Gasteiger charge is -2.05. The SMILES string of the molecule is Cc1ccc(NCCc2ccsc2)cc1. The van der Waals surface area contributed by atoms with Gasteiger partial charge >= 0.3 is 0 Å². The summed E-state index contributed by atoms with van der Waals surface area (Å²) in [5.41, 5.74) is 3.92. The first kappa shape index (κ1) is 10.2. The fourth-order valence-corrected chi connectivity index (χ4v) is 2.16. The van der Waals surface area contributed by atoms with Crippen LogP contribution in [0.15, 0.2) is 41.1 Å². The van der Waals surface area contributed by atoms with E-state index < -0.39 is 0 Å². The summed E-state index contributed by atoms with van der Waals surface area (Å²) < 4.78 is 0. The molecule has 0 atom stereocenters. The Morgan fingerprint density at radius 2 is 1.93 bits per heavy atom. The highest BCUT2D eigenvalue weighted by atomic mass is 32.1. The Hall–Kier alpha value is -1.28. The van der Waals surface area contributed by atoms with Crippen LogP contribution in [0.3, 0.4) is 0 Å².